The molecule has 198 valence electrons. The van der Waals surface area contributed by atoms with Gasteiger partial charge in [-0.3, -0.25) is 10.2 Å². The number of aliphatic hydroxyl groups is 1. The van der Waals surface area contributed by atoms with Crippen LogP contribution in [0.2, 0.25) is 0 Å². The summed E-state index contributed by atoms with van der Waals surface area (Å²) in [7, 11) is 1.57. The number of para-hydroxylation sites is 1. The Kier molecular flexibility index (Phi) is 8.10. The molecule has 0 spiro atoms. The number of halogens is 4. The zero-order valence-electron chi connectivity index (χ0n) is 20.0. The van der Waals surface area contributed by atoms with E-state index in [1.807, 2.05) is 4.90 Å². The largest absolute Gasteiger partial charge is 0.390 e. The van der Waals surface area contributed by atoms with Gasteiger partial charge in [0.25, 0.3) is 0 Å². The van der Waals surface area contributed by atoms with E-state index in [-0.39, 0.29) is 11.7 Å². The van der Waals surface area contributed by atoms with E-state index in [2.05, 4.69) is 15.7 Å². The first-order chi connectivity index (χ1) is 17.7. The van der Waals surface area contributed by atoms with E-state index >= 15 is 0 Å². The van der Waals surface area contributed by atoms with Crippen LogP contribution in [0.4, 0.5) is 28.2 Å². The third-order valence-electron chi connectivity index (χ3n) is 6.22. The van der Waals surface area contributed by atoms with Crippen molar-refractivity contribution in [1.82, 2.24) is 20.0 Å². The van der Waals surface area contributed by atoms with Crippen LogP contribution in [-0.2, 0) is 10.7 Å². The fraction of sp³-hybridized carbons (Fsp3) is 0.360. The summed E-state index contributed by atoms with van der Waals surface area (Å²) in [5.41, 5.74) is 0.229. The smallest absolute Gasteiger partial charge is 0.320 e. The van der Waals surface area contributed by atoms with Crippen LogP contribution in [-0.4, -0.2) is 71.8 Å². The third kappa shape index (κ3) is 6.09. The molecule has 1 aliphatic heterocycles. The second-order valence-electron chi connectivity index (χ2n) is 8.76. The number of hydrogen-bond donors (Lipinski definition) is 3. The first-order valence-corrected chi connectivity index (χ1v) is 11.6. The summed E-state index contributed by atoms with van der Waals surface area (Å²) in [5, 5.41) is 18.4. The number of methoxy groups -OCH3 is 1. The lowest BCUT2D eigenvalue weighted by Crippen LogP contribution is -2.42. The fourth-order valence-corrected chi connectivity index (χ4v) is 4.33. The second-order valence-corrected chi connectivity index (χ2v) is 8.76. The van der Waals surface area contributed by atoms with Crippen molar-refractivity contribution >= 4 is 11.8 Å². The Morgan fingerprint density at radius 3 is 2.57 bits per heavy atom. The first-order valence-electron chi connectivity index (χ1n) is 11.6. The third-order valence-corrected chi connectivity index (χ3v) is 6.22. The van der Waals surface area contributed by atoms with Crippen molar-refractivity contribution in [3.63, 3.8) is 0 Å². The maximum absolute atomic E-state index is 14.2. The maximum atomic E-state index is 14.2. The number of carbonyl (C=O) groups excluding carboxylic acids is 1. The maximum Gasteiger partial charge on any atom is 0.320 e. The molecule has 2 amide bonds. The number of alkyl halides is 2. The highest BCUT2D eigenvalue weighted by molar-refractivity contribution is 5.89. The number of nitrogens with one attached hydrogen (secondary N) is 2. The SMILES string of the molecule is COCCN1CC(NC(=O)Nc2cc(C(F)(F)CO)nn2-c2ccccc2)C(c2ccc(F)c(F)c2)C1. The predicted octanol–water partition coefficient (Wildman–Crippen LogP) is 3.47. The van der Waals surface area contributed by atoms with Crippen LogP contribution in [0.15, 0.2) is 54.6 Å². The average Bonchev–Trinajstić information content (AvgIpc) is 3.49. The average molecular weight is 522 g/mol. The zero-order chi connectivity index (χ0) is 26.6. The van der Waals surface area contributed by atoms with Crippen LogP contribution in [0, 0.1) is 11.6 Å². The van der Waals surface area contributed by atoms with E-state index in [9.17, 15) is 22.4 Å². The van der Waals surface area contributed by atoms with E-state index < -0.39 is 41.9 Å². The van der Waals surface area contributed by atoms with Crippen LogP contribution >= 0.6 is 0 Å². The summed E-state index contributed by atoms with van der Waals surface area (Å²) in [6.07, 6.45) is 0. The topological polar surface area (TPSA) is 91.7 Å². The number of likely N-dealkylation sites (tertiary alicyclic amines) is 1. The fourth-order valence-electron chi connectivity index (χ4n) is 4.33. The van der Waals surface area contributed by atoms with Gasteiger partial charge < -0.3 is 15.2 Å². The molecule has 0 bridgehead atoms. The Balaban J connectivity index is 1.57. The molecule has 3 N–H and O–H groups in total. The van der Waals surface area contributed by atoms with Gasteiger partial charge in [-0.1, -0.05) is 24.3 Å². The van der Waals surface area contributed by atoms with Gasteiger partial charge in [0.15, 0.2) is 11.6 Å². The van der Waals surface area contributed by atoms with Gasteiger partial charge in [0.1, 0.15) is 18.1 Å². The summed E-state index contributed by atoms with van der Waals surface area (Å²) in [6, 6.07) is 11.8. The Morgan fingerprint density at radius 2 is 1.89 bits per heavy atom. The molecule has 0 saturated carbocycles. The number of urea groups is 1. The van der Waals surface area contributed by atoms with E-state index in [0.29, 0.717) is 37.5 Å². The van der Waals surface area contributed by atoms with Crippen molar-refractivity contribution in [2.24, 2.45) is 0 Å². The van der Waals surface area contributed by atoms with Crippen molar-refractivity contribution in [3.8, 4) is 5.69 Å². The van der Waals surface area contributed by atoms with Crippen molar-refractivity contribution in [2.75, 3.05) is 45.3 Å². The second kappa shape index (κ2) is 11.3. The molecule has 0 radical (unpaired) electrons. The van der Waals surface area contributed by atoms with Crippen LogP contribution in [0.3, 0.4) is 0 Å². The van der Waals surface area contributed by atoms with Crippen LogP contribution in [0.1, 0.15) is 17.2 Å². The summed E-state index contributed by atoms with van der Waals surface area (Å²) >= 11 is 0. The molecule has 0 aliphatic carbocycles. The lowest BCUT2D eigenvalue weighted by molar-refractivity contribution is -0.0594. The molecular weight excluding hydrogens is 494 g/mol. The number of amides is 2. The number of aromatic nitrogens is 2. The molecule has 1 fully saturated rings. The summed E-state index contributed by atoms with van der Waals surface area (Å²) in [4.78, 5) is 15.0. The monoisotopic (exact) mass is 521 g/mol. The number of rotatable bonds is 9. The molecule has 12 heteroatoms. The first kappa shape index (κ1) is 26.6. The molecule has 4 rings (SSSR count). The Labute approximate surface area is 210 Å². The normalized spacial score (nSPS) is 18.2. The number of benzene rings is 2. The van der Waals surface area contributed by atoms with Gasteiger partial charge >= 0.3 is 12.0 Å². The van der Waals surface area contributed by atoms with Gasteiger partial charge in [-0.2, -0.15) is 13.9 Å². The molecule has 8 nitrogen and oxygen atoms in total. The Morgan fingerprint density at radius 1 is 1.14 bits per heavy atom. The molecule has 2 aromatic carbocycles. The Hall–Kier alpha value is -3.48. The molecule has 2 unspecified atom stereocenters. The zero-order valence-corrected chi connectivity index (χ0v) is 20.0. The summed E-state index contributed by atoms with van der Waals surface area (Å²) in [5.74, 6) is -5.96. The van der Waals surface area contributed by atoms with Crippen molar-refractivity contribution in [3.05, 3.63) is 77.5 Å². The standard InChI is InChI=1S/C25H27F4N5O3/c1-37-10-9-33-13-18(16-7-8-19(26)20(27)11-16)21(14-33)30-24(36)31-23-12-22(25(28,29)15-35)32-34(23)17-5-3-2-4-6-17/h2-8,11-12,18,21,35H,9-10,13-15H2,1H3,(H2,30,31,36). The highest BCUT2D eigenvalue weighted by Crippen LogP contribution is 2.31. The molecule has 1 aliphatic rings. The molecular formula is C25H27F4N5O3. The summed E-state index contributed by atoms with van der Waals surface area (Å²) < 4.78 is 62.1. The Bertz CT molecular complexity index is 1220. The van der Waals surface area contributed by atoms with Crippen molar-refractivity contribution < 1.29 is 32.2 Å². The van der Waals surface area contributed by atoms with E-state index in [0.717, 1.165) is 22.9 Å². The van der Waals surface area contributed by atoms with Crippen molar-refractivity contribution in [2.45, 2.75) is 17.9 Å². The molecule has 2 heterocycles. The predicted molar refractivity (Wildman–Crippen MR) is 128 cm³/mol. The summed E-state index contributed by atoms with van der Waals surface area (Å²) in [6.45, 7) is 0.443. The molecule has 1 aromatic heterocycles. The van der Waals surface area contributed by atoms with Gasteiger partial charge in [-0.25, -0.2) is 18.3 Å². The number of anilines is 1. The minimum absolute atomic E-state index is 0.0366. The van der Waals surface area contributed by atoms with Gasteiger partial charge in [-0.15, -0.1) is 0 Å². The molecule has 1 saturated heterocycles. The van der Waals surface area contributed by atoms with E-state index in [1.165, 1.54) is 6.07 Å². The van der Waals surface area contributed by atoms with Gasteiger partial charge in [0.05, 0.1) is 18.3 Å². The van der Waals surface area contributed by atoms with E-state index in [4.69, 9.17) is 9.84 Å². The van der Waals surface area contributed by atoms with Crippen LogP contribution < -0.4 is 10.6 Å². The lowest BCUT2D eigenvalue weighted by atomic mass is 9.94. The highest BCUT2D eigenvalue weighted by atomic mass is 19.3. The van der Waals surface area contributed by atoms with Gasteiger partial charge in [0, 0.05) is 38.7 Å². The minimum atomic E-state index is -3.61. The van der Waals surface area contributed by atoms with Gasteiger partial charge in [-0.05, 0) is 29.8 Å². The van der Waals surface area contributed by atoms with E-state index in [1.54, 1.807) is 37.4 Å². The number of hydrogen-bond acceptors (Lipinski definition) is 5. The highest BCUT2D eigenvalue weighted by Gasteiger charge is 2.37. The van der Waals surface area contributed by atoms with Crippen LogP contribution in [0.25, 0.3) is 5.69 Å². The lowest BCUT2D eigenvalue weighted by Gasteiger charge is -2.21. The van der Waals surface area contributed by atoms with Crippen LogP contribution in [0.5, 0.6) is 0 Å². The number of carbonyl (C=O) groups is 1. The number of nitrogens with zero attached hydrogens (tertiary/aromatic N) is 3. The molecule has 3 aromatic rings. The van der Waals surface area contributed by atoms with Crippen molar-refractivity contribution in [1.29, 1.82) is 0 Å². The number of ether oxygens (including phenoxy) is 1. The molecule has 2 atom stereocenters. The molecule has 37 heavy (non-hydrogen) atoms. The minimum Gasteiger partial charge on any atom is -0.390 e. The van der Waals surface area contributed by atoms with Gasteiger partial charge in [0.2, 0.25) is 0 Å². The quantitative estimate of drug-likeness (QED) is 0.375. The number of aliphatic hydroxyl groups excluding tert-OH is 1.